The second-order valence-electron chi connectivity index (χ2n) is 6.85. The van der Waals surface area contributed by atoms with Gasteiger partial charge in [-0.15, -0.1) is 23.1 Å². The molecule has 0 saturated carbocycles. The Bertz CT molecular complexity index is 1280. The molecule has 1 heterocycles. The molecule has 10 heteroatoms. The van der Waals surface area contributed by atoms with Crippen LogP contribution in [0.5, 0.6) is 0 Å². The first-order valence-corrected chi connectivity index (χ1v) is 12.6. The molecule has 0 aliphatic heterocycles. The Labute approximate surface area is 190 Å². The number of nitrogens with zero attached hydrogens (tertiary/aromatic N) is 1. The van der Waals surface area contributed by atoms with Crippen LogP contribution in [0.2, 0.25) is 0 Å². The third-order valence-electron chi connectivity index (χ3n) is 4.82. The number of nitrogens with one attached hydrogen (secondary N) is 2. The molecule has 0 bridgehead atoms. The van der Waals surface area contributed by atoms with Crippen molar-refractivity contribution < 1.29 is 8.42 Å². The van der Waals surface area contributed by atoms with E-state index in [1.54, 1.807) is 36.4 Å². The number of nitrogens with two attached hydrogens (primary N) is 2. The Hall–Kier alpha value is -2.82. The number of hydrogen-bond donors (Lipinski definition) is 4. The minimum absolute atomic E-state index is 0.0643. The van der Waals surface area contributed by atoms with Crippen molar-refractivity contribution in [2.24, 2.45) is 11.5 Å². The number of nitrogen functional groups attached to an aromatic ring is 1. The third-order valence-corrected chi connectivity index (χ3v) is 9.16. The van der Waals surface area contributed by atoms with Crippen LogP contribution in [0.3, 0.4) is 0 Å². The molecule has 0 atom stereocenters. The number of sulfone groups is 1. The quantitative estimate of drug-likeness (QED) is 0.243. The number of guanidine groups is 1. The van der Waals surface area contributed by atoms with Gasteiger partial charge in [-0.2, -0.15) is 0 Å². The van der Waals surface area contributed by atoms with Crippen LogP contribution in [0.25, 0.3) is 11.1 Å². The van der Waals surface area contributed by atoms with Crippen LogP contribution in [0.15, 0.2) is 62.5 Å². The highest BCUT2D eigenvalue weighted by Crippen LogP contribution is 2.38. The van der Waals surface area contributed by atoms with E-state index in [0.717, 1.165) is 22.4 Å². The molecule has 0 aliphatic carbocycles. The fourth-order valence-electron chi connectivity index (χ4n) is 3.10. The Kier molecular flexibility index (Phi) is 6.44. The predicted octanol–water partition coefficient (Wildman–Crippen LogP) is 3.89. The number of thioether (sulfide) groups is 1. The van der Waals surface area contributed by atoms with Gasteiger partial charge in [-0.05, 0) is 60.2 Å². The fourth-order valence-corrected chi connectivity index (χ4v) is 7.00. The lowest BCUT2D eigenvalue weighted by Crippen LogP contribution is -2.32. The smallest absolute Gasteiger partial charge is 0.208 e. The van der Waals surface area contributed by atoms with Crippen LogP contribution in [0.4, 0.5) is 5.69 Å². The molecule has 31 heavy (non-hydrogen) atoms. The van der Waals surface area contributed by atoms with E-state index in [-0.39, 0.29) is 21.6 Å². The minimum Gasteiger partial charge on any atom is -0.383 e. The van der Waals surface area contributed by atoms with Gasteiger partial charge in [0.25, 0.3) is 0 Å². The lowest BCUT2D eigenvalue weighted by Gasteiger charge is -2.18. The molecule has 0 radical (unpaired) electrons. The number of benzene rings is 2. The van der Waals surface area contributed by atoms with Crippen LogP contribution in [-0.4, -0.2) is 33.5 Å². The van der Waals surface area contributed by atoms with Crippen LogP contribution >= 0.6 is 23.1 Å². The third kappa shape index (κ3) is 4.46. The fraction of sp³-hybridized carbons (Fsp3) is 0.143. The Morgan fingerprint density at radius 3 is 2.39 bits per heavy atom. The summed E-state index contributed by atoms with van der Waals surface area (Å²) in [5, 5.41) is 15.2. The highest BCUT2D eigenvalue weighted by Gasteiger charge is 2.25. The van der Waals surface area contributed by atoms with Crippen LogP contribution in [0.1, 0.15) is 10.4 Å². The molecule has 3 aromatic rings. The zero-order valence-electron chi connectivity index (χ0n) is 17.3. The number of amidine groups is 1. The largest absolute Gasteiger partial charge is 0.383 e. The maximum atomic E-state index is 13.4. The average Bonchev–Trinajstić information content (AvgIpc) is 3.19. The molecule has 162 valence electrons. The zero-order chi connectivity index (χ0) is 22.9. The number of aryl methyl sites for hydroxylation is 1. The molecule has 6 N–H and O–H groups in total. The topological polar surface area (TPSA) is 137 Å². The van der Waals surface area contributed by atoms with Crippen molar-refractivity contribution in [3.8, 4) is 11.1 Å². The highest BCUT2D eigenvalue weighted by atomic mass is 32.2. The van der Waals surface area contributed by atoms with Crippen LogP contribution in [-0.2, 0) is 9.84 Å². The maximum absolute atomic E-state index is 13.4. The summed E-state index contributed by atoms with van der Waals surface area (Å²) in [5.41, 5.74) is 14.5. The summed E-state index contributed by atoms with van der Waals surface area (Å²) >= 11 is 2.52. The van der Waals surface area contributed by atoms with Crippen molar-refractivity contribution in [1.82, 2.24) is 0 Å². The maximum Gasteiger partial charge on any atom is 0.208 e. The van der Waals surface area contributed by atoms with Crippen molar-refractivity contribution in [1.29, 1.82) is 10.8 Å². The molecular weight excluding hydrogens is 450 g/mol. The molecule has 0 saturated heterocycles. The Balaban J connectivity index is 2.06. The Morgan fingerprint density at radius 1 is 1.10 bits per heavy atom. The van der Waals surface area contributed by atoms with E-state index in [9.17, 15) is 8.42 Å². The van der Waals surface area contributed by atoms with Gasteiger partial charge in [-0.25, -0.2) is 8.42 Å². The number of anilines is 1. The standard InChI is InChI=1S/C21H23N5O2S3/c1-12-9-14(26(2)21(24)25)7-8-16(12)13-5-4-6-15(10-13)31(27,28)18-11-17(19(22)23)30-20(18)29-3/h4-11H,1-3H3,(H3,22,23)(H3,24,25). The van der Waals surface area contributed by atoms with E-state index in [1.807, 2.05) is 31.2 Å². The van der Waals surface area contributed by atoms with Gasteiger partial charge in [-0.1, -0.05) is 18.2 Å². The molecule has 7 nitrogen and oxygen atoms in total. The molecule has 0 spiro atoms. The number of rotatable bonds is 6. The van der Waals surface area contributed by atoms with Gasteiger partial charge < -0.3 is 16.4 Å². The van der Waals surface area contributed by atoms with Crippen molar-refractivity contribution in [2.75, 3.05) is 18.2 Å². The Morgan fingerprint density at radius 2 is 1.81 bits per heavy atom. The summed E-state index contributed by atoms with van der Waals surface area (Å²) in [5.74, 6) is -0.215. The van der Waals surface area contributed by atoms with Crippen molar-refractivity contribution >= 4 is 50.4 Å². The molecule has 0 amide bonds. The van der Waals surface area contributed by atoms with Gasteiger partial charge in [0.15, 0.2) is 5.96 Å². The van der Waals surface area contributed by atoms with Gasteiger partial charge >= 0.3 is 0 Å². The predicted molar refractivity (Wildman–Crippen MR) is 130 cm³/mol. The molecule has 3 rings (SSSR count). The van der Waals surface area contributed by atoms with Crippen molar-refractivity contribution in [2.45, 2.75) is 20.9 Å². The van der Waals surface area contributed by atoms with Crippen molar-refractivity contribution in [3.05, 3.63) is 59.0 Å². The van der Waals surface area contributed by atoms with E-state index < -0.39 is 9.84 Å². The van der Waals surface area contributed by atoms with Gasteiger partial charge in [0.05, 0.1) is 18.9 Å². The summed E-state index contributed by atoms with van der Waals surface area (Å²) in [6.45, 7) is 1.93. The van der Waals surface area contributed by atoms with Gasteiger partial charge in [0.2, 0.25) is 9.84 Å². The molecule has 0 unspecified atom stereocenters. The summed E-state index contributed by atoms with van der Waals surface area (Å²) < 4.78 is 27.3. The first-order chi connectivity index (χ1) is 14.6. The van der Waals surface area contributed by atoms with Crippen LogP contribution in [0, 0.1) is 17.7 Å². The molecule has 0 fully saturated rings. The van der Waals surface area contributed by atoms with Crippen molar-refractivity contribution in [3.63, 3.8) is 0 Å². The molecule has 1 aromatic heterocycles. The summed E-state index contributed by atoms with van der Waals surface area (Å²) in [6, 6.07) is 13.9. The van der Waals surface area contributed by atoms with Gasteiger partial charge in [-0.3, -0.25) is 10.8 Å². The first-order valence-electron chi connectivity index (χ1n) is 9.12. The number of hydrogen-bond acceptors (Lipinski definition) is 6. The van der Waals surface area contributed by atoms with Gasteiger partial charge in [0.1, 0.15) is 5.84 Å². The summed E-state index contributed by atoms with van der Waals surface area (Å²) in [7, 11) is -2.07. The summed E-state index contributed by atoms with van der Waals surface area (Å²) in [4.78, 5) is 2.34. The van der Waals surface area contributed by atoms with E-state index in [2.05, 4.69) is 0 Å². The van der Waals surface area contributed by atoms with Gasteiger partial charge in [0, 0.05) is 12.7 Å². The second-order valence-corrected chi connectivity index (χ2v) is 10.9. The second kappa shape index (κ2) is 8.74. The van der Waals surface area contributed by atoms with E-state index in [1.165, 1.54) is 29.2 Å². The van der Waals surface area contributed by atoms with Crippen LogP contribution < -0.4 is 16.4 Å². The lowest BCUT2D eigenvalue weighted by atomic mass is 10.00. The van der Waals surface area contributed by atoms with E-state index in [4.69, 9.17) is 22.3 Å². The molecule has 0 aliphatic rings. The monoisotopic (exact) mass is 473 g/mol. The van der Waals surface area contributed by atoms with E-state index in [0.29, 0.717) is 9.09 Å². The zero-order valence-corrected chi connectivity index (χ0v) is 19.7. The first kappa shape index (κ1) is 22.9. The molecule has 2 aromatic carbocycles. The number of thiophene rings is 1. The normalized spacial score (nSPS) is 11.3. The van der Waals surface area contributed by atoms with E-state index >= 15 is 0 Å². The summed E-state index contributed by atoms with van der Waals surface area (Å²) in [6.07, 6.45) is 1.80. The highest BCUT2D eigenvalue weighted by molar-refractivity contribution is 8.01. The lowest BCUT2D eigenvalue weighted by molar-refractivity contribution is 0.595. The molecular formula is C21H23N5O2S3. The SMILES string of the molecule is CSc1sc(C(=N)N)cc1S(=O)(=O)c1cccc(-c2ccc(N(C)C(=N)N)cc2C)c1. The minimum atomic E-state index is -3.79. The average molecular weight is 474 g/mol.